The molecule has 0 amide bonds. The third-order valence-corrected chi connectivity index (χ3v) is 5.68. The molecule has 5 nitrogen and oxygen atoms in total. The zero-order chi connectivity index (χ0) is 14.0. The van der Waals surface area contributed by atoms with Crippen molar-refractivity contribution < 1.29 is 13.5 Å². The maximum Gasteiger partial charge on any atom is 0.243 e. The third-order valence-electron chi connectivity index (χ3n) is 3.57. The molecule has 0 radical (unpaired) electrons. The third kappa shape index (κ3) is 2.75. The van der Waals surface area contributed by atoms with Crippen molar-refractivity contribution in [1.29, 1.82) is 0 Å². The number of benzene rings is 1. The smallest absolute Gasteiger partial charge is 0.243 e. The first-order chi connectivity index (χ1) is 8.96. The molecule has 106 valence electrons. The minimum atomic E-state index is -3.55. The summed E-state index contributed by atoms with van der Waals surface area (Å²) < 4.78 is 26.8. The summed E-state index contributed by atoms with van der Waals surface area (Å²) in [5.74, 6) is 0. The molecule has 2 rings (SSSR count). The van der Waals surface area contributed by atoms with E-state index >= 15 is 0 Å². The van der Waals surface area contributed by atoms with E-state index in [1.54, 1.807) is 25.1 Å². The lowest BCUT2D eigenvalue weighted by Gasteiger charge is -2.33. The minimum absolute atomic E-state index is 0.132. The highest BCUT2D eigenvalue weighted by Crippen LogP contribution is 2.27. The summed E-state index contributed by atoms with van der Waals surface area (Å²) in [5, 5.41) is 9.36. The maximum atomic E-state index is 12.7. The standard InChI is InChI=1S/C13H20N2O3S/c1-10-8-11(14)5-6-13(10)19(17,18)15-7-3-2-4-12(15)9-16/h5-6,8,12,16H,2-4,7,9,14H2,1H3. The molecular formula is C13H20N2O3S. The van der Waals surface area contributed by atoms with E-state index in [9.17, 15) is 13.5 Å². The van der Waals surface area contributed by atoms with Crippen molar-refractivity contribution in [2.45, 2.75) is 37.1 Å². The molecule has 0 saturated carbocycles. The SMILES string of the molecule is Cc1cc(N)ccc1S(=O)(=O)N1CCCCC1CO. The Hall–Kier alpha value is -1.11. The van der Waals surface area contributed by atoms with Crippen LogP contribution in [0.2, 0.25) is 0 Å². The number of aliphatic hydroxyl groups is 1. The van der Waals surface area contributed by atoms with Crippen LogP contribution in [0.5, 0.6) is 0 Å². The number of nitrogen functional groups attached to an aromatic ring is 1. The molecule has 0 bridgehead atoms. The van der Waals surface area contributed by atoms with Gasteiger partial charge in [-0.15, -0.1) is 0 Å². The van der Waals surface area contributed by atoms with E-state index in [1.165, 1.54) is 4.31 Å². The van der Waals surface area contributed by atoms with Gasteiger partial charge in [0.15, 0.2) is 0 Å². The largest absolute Gasteiger partial charge is 0.399 e. The Kier molecular flexibility index (Phi) is 4.13. The first kappa shape index (κ1) is 14.3. The van der Waals surface area contributed by atoms with Gasteiger partial charge in [-0.1, -0.05) is 6.42 Å². The molecule has 1 saturated heterocycles. The van der Waals surface area contributed by atoms with Gasteiger partial charge in [0.25, 0.3) is 0 Å². The van der Waals surface area contributed by atoms with Crippen LogP contribution in [0.1, 0.15) is 24.8 Å². The average molecular weight is 284 g/mol. The van der Waals surface area contributed by atoms with Crippen LogP contribution in [0.3, 0.4) is 0 Å². The summed E-state index contributed by atoms with van der Waals surface area (Å²) in [6, 6.07) is 4.49. The highest BCUT2D eigenvalue weighted by Gasteiger charge is 2.33. The zero-order valence-electron chi connectivity index (χ0n) is 11.0. The second-order valence-corrected chi connectivity index (χ2v) is 6.83. The number of rotatable bonds is 3. The van der Waals surface area contributed by atoms with E-state index in [0.29, 0.717) is 24.2 Å². The highest BCUT2D eigenvalue weighted by atomic mass is 32.2. The molecule has 0 aliphatic carbocycles. The molecule has 1 aromatic carbocycles. The van der Waals surface area contributed by atoms with Gasteiger partial charge in [0.1, 0.15) is 0 Å². The topological polar surface area (TPSA) is 83.6 Å². The summed E-state index contributed by atoms with van der Waals surface area (Å²) in [6.45, 7) is 2.08. The van der Waals surface area contributed by atoms with Crippen LogP contribution >= 0.6 is 0 Å². The highest BCUT2D eigenvalue weighted by molar-refractivity contribution is 7.89. The fourth-order valence-electron chi connectivity index (χ4n) is 2.56. The van der Waals surface area contributed by atoms with E-state index < -0.39 is 10.0 Å². The van der Waals surface area contributed by atoms with Crippen molar-refractivity contribution in [3.63, 3.8) is 0 Å². The van der Waals surface area contributed by atoms with E-state index in [0.717, 1.165) is 12.8 Å². The Morgan fingerprint density at radius 1 is 1.42 bits per heavy atom. The fourth-order valence-corrected chi connectivity index (χ4v) is 4.45. The summed E-state index contributed by atoms with van der Waals surface area (Å²) in [4.78, 5) is 0.280. The van der Waals surface area contributed by atoms with Crippen molar-refractivity contribution in [3.8, 4) is 0 Å². The number of nitrogens with zero attached hydrogens (tertiary/aromatic N) is 1. The van der Waals surface area contributed by atoms with Crippen molar-refractivity contribution in [3.05, 3.63) is 23.8 Å². The number of hydrogen-bond donors (Lipinski definition) is 2. The second kappa shape index (κ2) is 5.48. The maximum absolute atomic E-state index is 12.7. The number of piperidine rings is 1. The Bertz CT molecular complexity index is 557. The molecule has 1 fully saturated rings. The molecule has 1 unspecified atom stereocenters. The Balaban J connectivity index is 2.40. The molecule has 1 atom stereocenters. The molecule has 0 spiro atoms. The number of aliphatic hydroxyl groups excluding tert-OH is 1. The average Bonchev–Trinajstić information content (AvgIpc) is 2.38. The number of hydrogen-bond acceptors (Lipinski definition) is 4. The first-order valence-corrected chi connectivity index (χ1v) is 7.89. The normalized spacial score (nSPS) is 21.5. The summed E-state index contributed by atoms with van der Waals surface area (Å²) in [6.07, 6.45) is 2.51. The van der Waals surface area contributed by atoms with Crippen LogP contribution in [0, 0.1) is 6.92 Å². The van der Waals surface area contributed by atoms with Crippen LogP contribution in [-0.2, 0) is 10.0 Å². The summed E-state index contributed by atoms with van der Waals surface area (Å²) >= 11 is 0. The van der Waals surface area contributed by atoms with Crippen molar-refractivity contribution in [2.24, 2.45) is 0 Å². The van der Waals surface area contributed by atoms with E-state index in [4.69, 9.17) is 5.73 Å². The van der Waals surface area contributed by atoms with Gasteiger partial charge in [-0.25, -0.2) is 8.42 Å². The molecule has 3 N–H and O–H groups in total. The van der Waals surface area contributed by atoms with Crippen LogP contribution in [0.25, 0.3) is 0 Å². The molecule has 1 aliphatic heterocycles. The Morgan fingerprint density at radius 2 is 2.16 bits per heavy atom. The van der Waals surface area contributed by atoms with Crippen LogP contribution < -0.4 is 5.73 Å². The second-order valence-electron chi connectivity index (χ2n) is 4.97. The summed E-state index contributed by atoms with van der Waals surface area (Å²) in [5.41, 5.74) is 6.85. The predicted octanol–water partition coefficient (Wildman–Crippen LogP) is 1.11. The van der Waals surface area contributed by atoms with E-state index in [-0.39, 0.29) is 17.5 Å². The van der Waals surface area contributed by atoms with Crippen LogP contribution in [-0.4, -0.2) is 37.0 Å². The number of nitrogens with two attached hydrogens (primary N) is 1. The Morgan fingerprint density at radius 3 is 2.79 bits per heavy atom. The lowest BCUT2D eigenvalue weighted by Crippen LogP contribution is -2.45. The molecule has 1 aromatic rings. The predicted molar refractivity (Wildman–Crippen MR) is 74.2 cm³/mol. The Labute approximate surface area is 114 Å². The molecule has 6 heteroatoms. The number of aryl methyl sites for hydroxylation is 1. The summed E-state index contributed by atoms with van der Waals surface area (Å²) in [7, 11) is -3.55. The first-order valence-electron chi connectivity index (χ1n) is 6.45. The van der Waals surface area contributed by atoms with Crippen molar-refractivity contribution in [2.75, 3.05) is 18.9 Å². The van der Waals surface area contributed by atoms with Crippen LogP contribution in [0.15, 0.2) is 23.1 Å². The molecular weight excluding hydrogens is 264 g/mol. The van der Waals surface area contributed by atoms with Gasteiger partial charge >= 0.3 is 0 Å². The fraction of sp³-hybridized carbons (Fsp3) is 0.538. The molecule has 0 aromatic heterocycles. The van der Waals surface area contributed by atoms with Crippen molar-refractivity contribution >= 4 is 15.7 Å². The quantitative estimate of drug-likeness (QED) is 0.815. The molecule has 1 heterocycles. The van der Waals surface area contributed by atoms with E-state index in [2.05, 4.69) is 0 Å². The van der Waals surface area contributed by atoms with Gasteiger partial charge in [0, 0.05) is 18.3 Å². The molecule has 19 heavy (non-hydrogen) atoms. The lowest BCUT2D eigenvalue weighted by molar-refractivity contribution is 0.155. The van der Waals surface area contributed by atoms with Crippen molar-refractivity contribution in [1.82, 2.24) is 4.31 Å². The van der Waals surface area contributed by atoms with Gasteiger partial charge in [-0.2, -0.15) is 4.31 Å². The van der Waals surface area contributed by atoms with Crippen LogP contribution in [0.4, 0.5) is 5.69 Å². The lowest BCUT2D eigenvalue weighted by atomic mass is 10.1. The van der Waals surface area contributed by atoms with Gasteiger partial charge < -0.3 is 10.8 Å². The monoisotopic (exact) mass is 284 g/mol. The number of anilines is 1. The van der Waals surface area contributed by atoms with Gasteiger partial charge in [-0.05, 0) is 43.5 Å². The number of sulfonamides is 1. The zero-order valence-corrected chi connectivity index (χ0v) is 11.9. The minimum Gasteiger partial charge on any atom is -0.399 e. The molecule has 1 aliphatic rings. The van der Waals surface area contributed by atoms with Gasteiger partial charge in [-0.3, -0.25) is 0 Å². The van der Waals surface area contributed by atoms with E-state index in [1.807, 2.05) is 0 Å². The van der Waals surface area contributed by atoms with Gasteiger partial charge in [0.2, 0.25) is 10.0 Å². The van der Waals surface area contributed by atoms with Gasteiger partial charge in [0.05, 0.1) is 11.5 Å².